The maximum Gasteiger partial charge on any atom is 0.410 e. The highest BCUT2D eigenvalue weighted by molar-refractivity contribution is 9.10. The highest BCUT2D eigenvalue weighted by atomic mass is 79.9. The van der Waals surface area contributed by atoms with E-state index in [1.54, 1.807) is 4.90 Å². The van der Waals surface area contributed by atoms with Gasteiger partial charge in [0.05, 0.1) is 18.8 Å². The fourth-order valence-corrected chi connectivity index (χ4v) is 4.12. The molecule has 0 aromatic heterocycles. The van der Waals surface area contributed by atoms with Gasteiger partial charge in [0.25, 0.3) is 5.91 Å². The van der Waals surface area contributed by atoms with Crippen molar-refractivity contribution in [3.05, 3.63) is 81.5 Å². The Bertz CT molecular complexity index is 959. The van der Waals surface area contributed by atoms with Crippen molar-refractivity contribution in [3.8, 4) is 0 Å². The van der Waals surface area contributed by atoms with Crippen molar-refractivity contribution in [1.82, 2.24) is 14.7 Å². The molecule has 0 aliphatic carbocycles. The van der Waals surface area contributed by atoms with E-state index in [0.717, 1.165) is 21.3 Å². The molecule has 4 rings (SSSR count). The number of hydrogen-bond acceptors (Lipinski definition) is 4. The van der Waals surface area contributed by atoms with Crippen LogP contribution in [0.25, 0.3) is 0 Å². The summed E-state index contributed by atoms with van der Waals surface area (Å²) in [5, 5.41) is 0. The first-order valence-corrected chi connectivity index (χ1v) is 10.7. The lowest BCUT2D eigenvalue weighted by atomic mass is 10.0. The third-order valence-corrected chi connectivity index (χ3v) is 5.98. The van der Waals surface area contributed by atoms with Gasteiger partial charge in [-0.05, 0) is 23.3 Å². The molecule has 2 aliphatic heterocycles. The highest BCUT2D eigenvalue weighted by Gasteiger charge is 2.35. The van der Waals surface area contributed by atoms with E-state index < -0.39 is 0 Å². The van der Waals surface area contributed by atoms with Crippen LogP contribution in [0.4, 0.5) is 4.79 Å². The fraction of sp³-hybridized carbons (Fsp3) is 0.304. The number of amides is 2. The Balaban J connectivity index is 1.41. The lowest BCUT2D eigenvalue weighted by molar-refractivity contribution is -0.131. The Hall–Kier alpha value is -2.80. The van der Waals surface area contributed by atoms with Crippen LogP contribution in [0.5, 0.6) is 0 Å². The summed E-state index contributed by atoms with van der Waals surface area (Å²) in [5.74, 6) is -0.00244. The molecule has 6 nitrogen and oxygen atoms in total. The summed E-state index contributed by atoms with van der Waals surface area (Å²) in [7, 11) is 2.00. The van der Waals surface area contributed by atoms with Gasteiger partial charge in [0.1, 0.15) is 6.61 Å². The Morgan fingerprint density at radius 3 is 2.53 bits per heavy atom. The van der Waals surface area contributed by atoms with Gasteiger partial charge < -0.3 is 19.4 Å². The summed E-state index contributed by atoms with van der Waals surface area (Å²) in [6.45, 7) is 2.15. The van der Waals surface area contributed by atoms with Crippen molar-refractivity contribution in [2.75, 3.05) is 26.8 Å². The molecule has 0 atom stereocenters. The smallest absolute Gasteiger partial charge is 0.410 e. The van der Waals surface area contributed by atoms with Gasteiger partial charge in [-0.2, -0.15) is 0 Å². The number of carbonyl (C=O) groups is 2. The molecule has 2 amide bonds. The highest BCUT2D eigenvalue weighted by Crippen LogP contribution is 2.28. The fourth-order valence-electron chi connectivity index (χ4n) is 3.86. The maximum atomic E-state index is 13.1. The lowest BCUT2D eigenvalue weighted by Gasteiger charge is -2.42. The molecule has 0 unspecified atom stereocenters. The van der Waals surface area contributed by atoms with Gasteiger partial charge in [0.2, 0.25) is 0 Å². The van der Waals surface area contributed by atoms with Gasteiger partial charge in [0, 0.05) is 36.7 Å². The summed E-state index contributed by atoms with van der Waals surface area (Å²) >= 11 is 3.40. The first kappa shape index (κ1) is 20.5. The average molecular weight is 470 g/mol. The van der Waals surface area contributed by atoms with Crippen LogP contribution in [0.2, 0.25) is 0 Å². The van der Waals surface area contributed by atoms with E-state index in [9.17, 15) is 9.59 Å². The summed E-state index contributed by atoms with van der Waals surface area (Å²) in [5.41, 5.74) is 3.73. The quantitative estimate of drug-likeness (QED) is 0.679. The van der Waals surface area contributed by atoms with Crippen molar-refractivity contribution < 1.29 is 14.3 Å². The van der Waals surface area contributed by atoms with Gasteiger partial charge in [-0.15, -0.1) is 0 Å². The molecule has 0 bridgehead atoms. The molecule has 0 saturated carbocycles. The minimum absolute atomic E-state index is 0.00244. The van der Waals surface area contributed by atoms with Crippen LogP contribution in [0.15, 0.2) is 70.3 Å². The summed E-state index contributed by atoms with van der Waals surface area (Å²) in [6.07, 6.45) is 0.268. The van der Waals surface area contributed by atoms with Crippen LogP contribution < -0.4 is 0 Å². The van der Waals surface area contributed by atoms with Gasteiger partial charge in [0.15, 0.2) is 0 Å². The van der Waals surface area contributed by atoms with Crippen LogP contribution in [0.3, 0.4) is 0 Å². The number of carbonyl (C=O) groups excluding carboxylic acids is 2. The number of ether oxygens (including phenoxy) is 1. The summed E-state index contributed by atoms with van der Waals surface area (Å²) in [6, 6.07) is 17.6. The van der Waals surface area contributed by atoms with Gasteiger partial charge in [-0.3, -0.25) is 4.79 Å². The molecule has 2 aliphatic rings. The summed E-state index contributed by atoms with van der Waals surface area (Å²) < 4.78 is 6.46. The molecular formula is C23H24BrN3O3. The number of nitrogens with zero attached hydrogens (tertiary/aromatic N) is 3. The van der Waals surface area contributed by atoms with Crippen molar-refractivity contribution in [1.29, 1.82) is 0 Å². The second-order valence-corrected chi connectivity index (χ2v) is 8.52. The molecule has 156 valence electrons. The van der Waals surface area contributed by atoms with E-state index in [1.165, 1.54) is 0 Å². The predicted octanol–water partition coefficient (Wildman–Crippen LogP) is 3.98. The lowest BCUT2D eigenvalue weighted by Crippen LogP contribution is -2.51. The van der Waals surface area contributed by atoms with E-state index in [1.807, 2.05) is 66.5 Å². The Morgan fingerprint density at radius 1 is 1.07 bits per heavy atom. The van der Waals surface area contributed by atoms with Crippen LogP contribution in [-0.4, -0.2) is 53.5 Å². The van der Waals surface area contributed by atoms with Gasteiger partial charge in [-0.25, -0.2) is 4.79 Å². The van der Waals surface area contributed by atoms with E-state index in [2.05, 4.69) is 20.8 Å². The Kier molecular flexibility index (Phi) is 6.08. The second-order valence-electron chi connectivity index (χ2n) is 7.61. The van der Waals surface area contributed by atoms with Crippen molar-refractivity contribution in [3.63, 3.8) is 0 Å². The molecule has 2 heterocycles. The van der Waals surface area contributed by atoms with E-state index >= 15 is 0 Å². The van der Waals surface area contributed by atoms with Gasteiger partial charge >= 0.3 is 6.09 Å². The first-order chi connectivity index (χ1) is 14.5. The third kappa shape index (κ3) is 4.51. The van der Waals surface area contributed by atoms with E-state index in [4.69, 9.17) is 4.74 Å². The number of benzene rings is 2. The zero-order chi connectivity index (χ0) is 21.1. The molecular weight excluding hydrogens is 446 g/mol. The molecule has 0 radical (unpaired) electrons. The normalized spacial score (nSPS) is 16.6. The minimum atomic E-state index is -0.389. The standard InChI is InChI=1S/C23H24BrN3O3/c1-25-16-27(13-17-5-3-2-4-6-17)22(28)20-14-26(12-11-21(20)25)23(29)30-15-18-7-9-19(24)10-8-18/h2-10H,11-16H2,1H3. The average Bonchev–Trinajstić information content (AvgIpc) is 2.77. The second kappa shape index (κ2) is 8.92. The Morgan fingerprint density at radius 2 is 1.80 bits per heavy atom. The number of halogens is 1. The molecule has 30 heavy (non-hydrogen) atoms. The monoisotopic (exact) mass is 469 g/mol. The Labute approximate surface area is 184 Å². The zero-order valence-electron chi connectivity index (χ0n) is 16.9. The van der Waals surface area contributed by atoms with Crippen LogP contribution >= 0.6 is 15.9 Å². The molecule has 2 aromatic carbocycles. The number of hydrogen-bond donors (Lipinski definition) is 0. The molecule has 0 saturated heterocycles. The third-order valence-electron chi connectivity index (χ3n) is 5.45. The largest absolute Gasteiger partial charge is 0.445 e. The predicted molar refractivity (Wildman–Crippen MR) is 117 cm³/mol. The molecule has 0 N–H and O–H groups in total. The van der Waals surface area contributed by atoms with Crippen molar-refractivity contribution >= 4 is 27.9 Å². The topological polar surface area (TPSA) is 53.1 Å². The van der Waals surface area contributed by atoms with Crippen molar-refractivity contribution in [2.45, 2.75) is 19.6 Å². The van der Waals surface area contributed by atoms with Crippen LogP contribution in [0, 0.1) is 0 Å². The van der Waals surface area contributed by atoms with Crippen molar-refractivity contribution in [2.24, 2.45) is 0 Å². The molecule has 7 heteroatoms. The van der Waals surface area contributed by atoms with Crippen LogP contribution in [0.1, 0.15) is 17.5 Å². The van der Waals surface area contributed by atoms with E-state index in [0.29, 0.717) is 31.8 Å². The molecule has 0 fully saturated rings. The SMILES string of the molecule is CN1CN(Cc2ccccc2)C(=O)C2=C1CCN(C(=O)OCc1ccc(Br)cc1)C2. The molecule has 0 spiro atoms. The minimum Gasteiger partial charge on any atom is -0.445 e. The maximum absolute atomic E-state index is 13.1. The van der Waals surface area contributed by atoms with Crippen LogP contribution in [-0.2, 0) is 22.7 Å². The first-order valence-electron chi connectivity index (χ1n) is 9.94. The number of rotatable bonds is 4. The van der Waals surface area contributed by atoms with E-state index in [-0.39, 0.29) is 25.2 Å². The molecule has 2 aromatic rings. The van der Waals surface area contributed by atoms with Gasteiger partial charge in [-0.1, -0.05) is 58.4 Å². The zero-order valence-corrected chi connectivity index (χ0v) is 18.5. The summed E-state index contributed by atoms with van der Waals surface area (Å²) in [4.78, 5) is 31.3.